The van der Waals surface area contributed by atoms with Crippen LogP contribution in [0, 0.1) is 30.6 Å². The molecule has 9 nitrogen and oxygen atoms in total. The molecule has 0 heterocycles. The number of hydrogen-bond acceptors (Lipinski definition) is 7. The zero-order chi connectivity index (χ0) is 12.3. The van der Waals surface area contributed by atoms with E-state index in [-0.39, 0.29) is 51.9 Å². The summed E-state index contributed by atoms with van der Waals surface area (Å²) in [5.74, 6) is 0.322. The smallest absolute Gasteiger partial charge is 0.508 e. The van der Waals surface area contributed by atoms with Gasteiger partial charge in [0.25, 0.3) is 0 Å². The average Bonchev–Trinajstić information content (AvgIpc) is 2.03. The van der Waals surface area contributed by atoms with Crippen molar-refractivity contribution in [1.29, 1.82) is 0 Å². The van der Waals surface area contributed by atoms with Crippen molar-refractivity contribution in [2.24, 2.45) is 0 Å². The summed E-state index contributed by atoms with van der Waals surface area (Å²) in [7, 11) is 0. The fourth-order valence-corrected chi connectivity index (χ4v) is 0.428. The maximum absolute atomic E-state index is 8.63. The van der Waals surface area contributed by atoms with E-state index in [1.807, 2.05) is 6.07 Å². The van der Waals surface area contributed by atoms with Crippen LogP contribution in [0.15, 0.2) is 30.3 Å². The third kappa shape index (κ3) is 51.2. The summed E-state index contributed by atoms with van der Waals surface area (Å²) in [6, 6.07) is 8.71. The maximum Gasteiger partial charge on any atom is 1.00 e. The molecule has 17 heavy (non-hydrogen) atoms. The Labute approximate surface area is 133 Å². The Hall–Kier alpha value is -0.840. The number of phenolic OH excluding ortho intramolecular Hbond substituents is 1. The zero-order valence-electron chi connectivity index (χ0n) is 8.48. The third-order valence-electron chi connectivity index (χ3n) is 0.756. The summed E-state index contributed by atoms with van der Waals surface area (Å²) < 4.78 is 0. The minimum atomic E-state index is -1.75. The Morgan fingerprint density at radius 1 is 0.882 bits per heavy atom. The molecule has 1 aromatic rings. The minimum absolute atomic E-state index is 0. The van der Waals surface area contributed by atoms with Gasteiger partial charge >= 0.3 is 51.9 Å². The Kier molecular flexibility index (Phi) is 25.9. The molecule has 0 aliphatic carbocycles. The predicted molar refractivity (Wildman–Crippen MR) is 48.8 cm³/mol. The van der Waals surface area contributed by atoms with E-state index in [2.05, 4.69) is 0 Å². The van der Waals surface area contributed by atoms with E-state index >= 15 is 0 Å². The number of nitrogens with zero attached hydrogens (tertiary/aromatic N) is 2. The topological polar surface area (TPSA) is 153 Å². The van der Waals surface area contributed by atoms with Crippen molar-refractivity contribution in [2.75, 3.05) is 0 Å². The maximum atomic E-state index is 8.63. The Balaban J connectivity index is -0.0000000755. The second-order valence-electron chi connectivity index (χ2n) is 1.78. The van der Waals surface area contributed by atoms with Crippen molar-refractivity contribution < 1.29 is 67.2 Å². The van der Waals surface area contributed by atoms with E-state index in [9.17, 15) is 0 Å². The molecule has 0 fully saturated rings. The van der Waals surface area contributed by atoms with E-state index in [4.69, 9.17) is 35.7 Å². The minimum Gasteiger partial charge on any atom is -0.508 e. The van der Waals surface area contributed by atoms with Gasteiger partial charge in [-0.05, 0) is 12.1 Å². The molecule has 0 aliphatic rings. The van der Waals surface area contributed by atoms with E-state index in [0.29, 0.717) is 5.75 Å². The first-order valence-electron chi connectivity index (χ1n) is 3.23. The van der Waals surface area contributed by atoms with Gasteiger partial charge in [-0.1, -0.05) is 18.2 Å². The van der Waals surface area contributed by atoms with Crippen LogP contribution in [0.4, 0.5) is 0 Å². The molecule has 0 spiro atoms. The second kappa shape index (κ2) is 17.6. The van der Waals surface area contributed by atoms with Crippen molar-refractivity contribution in [3.05, 3.63) is 61.0 Å². The SMILES string of the molecule is O=[N+]([O-])[O-].O=[N+]([O-])[O-].Oc1ccccc1.[Ag+].[Na+]. The van der Waals surface area contributed by atoms with Gasteiger partial charge in [-0.25, -0.2) is 0 Å². The Morgan fingerprint density at radius 2 is 1.12 bits per heavy atom. The first-order valence-corrected chi connectivity index (χ1v) is 3.23. The first-order chi connectivity index (χ1) is 6.86. The number of para-hydroxylation sites is 1. The molecule has 0 saturated carbocycles. The van der Waals surface area contributed by atoms with Gasteiger partial charge in [0.15, 0.2) is 0 Å². The Bertz CT molecular complexity index is 280. The van der Waals surface area contributed by atoms with Gasteiger partial charge in [0.1, 0.15) is 5.75 Å². The van der Waals surface area contributed by atoms with Crippen molar-refractivity contribution in [1.82, 2.24) is 0 Å². The standard InChI is InChI=1S/C6H6O.Ag.2NO3.Na/c7-6-4-2-1-3-5-6;;2*2-1(3)4;/h1-5,7H;;;;/q;+1;2*-1;+1. The fourth-order valence-electron chi connectivity index (χ4n) is 0.428. The van der Waals surface area contributed by atoms with Gasteiger partial charge in [0, 0.05) is 0 Å². The number of rotatable bonds is 0. The molecular weight excluding hydrogens is 343 g/mol. The first kappa shape index (κ1) is 25.1. The summed E-state index contributed by atoms with van der Waals surface area (Å²) >= 11 is 0. The molecule has 0 aliphatic heterocycles. The normalized spacial score (nSPS) is 6.35. The van der Waals surface area contributed by atoms with E-state index in [1.54, 1.807) is 24.3 Å². The van der Waals surface area contributed by atoms with Crippen molar-refractivity contribution in [2.45, 2.75) is 0 Å². The Morgan fingerprint density at radius 3 is 1.24 bits per heavy atom. The number of aromatic hydroxyl groups is 1. The van der Waals surface area contributed by atoms with Crippen LogP contribution < -0.4 is 29.6 Å². The number of phenols is 1. The monoisotopic (exact) mass is 348 g/mol. The summed E-state index contributed by atoms with van der Waals surface area (Å²) in [6.45, 7) is 0. The number of hydrogen-bond donors (Lipinski definition) is 1. The summed E-state index contributed by atoms with van der Waals surface area (Å²) in [6.07, 6.45) is 0. The van der Waals surface area contributed by atoms with Crippen LogP contribution in [-0.2, 0) is 22.4 Å². The van der Waals surface area contributed by atoms with E-state index in [0.717, 1.165) is 0 Å². The van der Waals surface area contributed by atoms with Crippen LogP contribution in [0.3, 0.4) is 0 Å². The van der Waals surface area contributed by atoms with Gasteiger partial charge in [0.05, 0.1) is 10.2 Å². The largest absolute Gasteiger partial charge is 1.00 e. The average molecular weight is 349 g/mol. The third-order valence-corrected chi connectivity index (χ3v) is 0.756. The van der Waals surface area contributed by atoms with Crippen molar-refractivity contribution in [3.63, 3.8) is 0 Å². The van der Waals surface area contributed by atoms with Crippen LogP contribution >= 0.6 is 0 Å². The van der Waals surface area contributed by atoms with Gasteiger partial charge in [-0.3, -0.25) is 0 Å². The molecule has 0 bridgehead atoms. The molecule has 0 atom stereocenters. The van der Waals surface area contributed by atoms with Crippen LogP contribution in [0.25, 0.3) is 0 Å². The summed E-state index contributed by atoms with van der Waals surface area (Å²) in [4.78, 5) is 16.5. The fraction of sp³-hybridized carbons (Fsp3) is 0. The van der Waals surface area contributed by atoms with Gasteiger partial charge in [-0.15, -0.1) is 0 Å². The predicted octanol–water partition coefficient (Wildman–Crippen LogP) is -2.08. The van der Waals surface area contributed by atoms with Crippen LogP contribution in [-0.4, -0.2) is 15.3 Å². The molecule has 94 valence electrons. The van der Waals surface area contributed by atoms with Crippen molar-refractivity contribution in [3.8, 4) is 5.75 Å². The van der Waals surface area contributed by atoms with Gasteiger partial charge in [0.2, 0.25) is 0 Å². The van der Waals surface area contributed by atoms with Crippen LogP contribution in [0.1, 0.15) is 0 Å². The summed E-state index contributed by atoms with van der Waals surface area (Å²) in [5.41, 5.74) is 0. The zero-order valence-corrected chi connectivity index (χ0v) is 12.0. The molecule has 0 amide bonds. The van der Waals surface area contributed by atoms with Crippen LogP contribution in [0.5, 0.6) is 5.75 Å². The van der Waals surface area contributed by atoms with Gasteiger partial charge in [-0.2, -0.15) is 0 Å². The quantitative estimate of drug-likeness (QED) is 0.320. The van der Waals surface area contributed by atoms with Crippen molar-refractivity contribution >= 4 is 0 Å². The molecule has 11 heteroatoms. The second-order valence-corrected chi connectivity index (χ2v) is 1.78. The molecule has 0 unspecified atom stereocenters. The molecule has 0 radical (unpaired) electrons. The molecule has 1 N–H and O–H groups in total. The molecule has 0 saturated heterocycles. The number of benzene rings is 1. The van der Waals surface area contributed by atoms with E-state index in [1.165, 1.54) is 0 Å². The van der Waals surface area contributed by atoms with Crippen LogP contribution in [0.2, 0.25) is 0 Å². The molecule has 0 aromatic heterocycles. The van der Waals surface area contributed by atoms with E-state index < -0.39 is 10.2 Å². The van der Waals surface area contributed by atoms with Gasteiger partial charge < -0.3 is 35.7 Å². The summed E-state index contributed by atoms with van der Waals surface area (Å²) in [5, 5.41) is 38.1. The molecule has 1 rings (SSSR count). The molecular formula is C6H6AgN2NaO7. The molecule has 1 aromatic carbocycles.